The Morgan fingerprint density at radius 3 is 3.14 bits per heavy atom. The summed E-state index contributed by atoms with van der Waals surface area (Å²) in [7, 11) is 0. The van der Waals surface area contributed by atoms with E-state index in [4.69, 9.17) is 0 Å². The molecular formula is C10H13N3O. The Bertz CT molecular complexity index is 420. The monoisotopic (exact) mass is 191 g/mol. The van der Waals surface area contributed by atoms with Crippen LogP contribution in [0.2, 0.25) is 0 Å². The molecule has 0 spiro atoms. The van der Waals surface area contributed by atoms with Gasteiger partial charge < -0.3 is 5.32 Å². The molecule has 1 aliphatic heterocycles. The summed E-state index contributed by atoms with van der Waals surface area (Å²) in [5, 5.41) is 3.23. The van der Waals surface area contributed by atoms with Crippen LogP contribution in [0.1, 0.15) is 30.3 Å². The van der Waals surface area contributed by atoms with Gasteiger partial charge in [0, 0.05) is 25.1 Å². The molecule has 0 unspecified atom stereocenters. The summed E-state index contributed by atoms with van der Waals surface area (Å²) in [6, 6.07) is 1.71. The van der Waals surface area contributed by atoms with Crippen LogP contribution < -0.4 is 10.9 Å². The minimum absolute atomic E-state index is 0.124. The van der Waals surface area contributed by atoms with Crippen molar-refractivity contribution >= 4 is 0 Å². The zero-order chi connectivity index (χ0) is 9.54. The second-order valence-electron chi connectivity index (χ2n) is 4.04. The topological polar surface area (TPSA) is 46.9 Å². The molecule has 14 heavy (non-hydrogen) atoms. The summed E-state index contributed by atoms with van der Waals surface area (Å²) < 4.78 is 1.78. The van der Waals surface area contributed by atoms with Gasteiger partial charge in [-0.3, -0.25) is 9.36 Å². The van der Waals surface area contributed by atoms with Gasteiger partial charge in [-0.2, -0.15) is 0 Å². The molecule has 0 amide bonds. The van der Waals surface area contributed by atoms with Crippen molar-refractivity contribution in [2.45, 2.75) is 31.8 Å². The fourth-order valence-electron chi connectivity index (χ4n) is 1.93. The maximum Gasteiger partial charge on any atom is 0.253 e. The van der Waals surface area contributed by atoms with E-state index in [-0.39, 0.29) is 5.56 Å². The molecule has 1 saturated carbocycles. The Hall–Kier alpha value is -1.16. The van der Waals surface area contributed by atoms with Gasteiger partial charge in [0.2, 0.25) is 0 Å². The maximum atomic E-state index is 11.7. The van der Waals surface area contributed by atoms with Crippen LogP contribution in [0.15, 0.2) is 10.9 Å². The van der Waals surface area contributed by atoms with Crippen LogP contribution in [-0.4, -0.2) is 16.1 Å². The first-order chi connectivity index (χ1) is 6.84. The molecule has 74 valence electrons. The number of rotatable bonds is 1. The van der Waals surface area contributed by atoms with Crippen LogP contribution in [0.5, 0.6) is 0 Å². The molecule has 4 nitrogen and oxygen atoms in total. The molecule has 0 saturated heterocycles. The zero-order valence-corrected chi connectivity index (χ0v) is 7.99. The second-order valence-corrected chi connectivity index (χ2v) is 4.04. The molecule has 1 N–H and O–H groups in total. The van der Waals surface area contributed by atoms with Gasteiger partial charge in [-0.15, -0.1) is 0 Å². The van der Waals surface area contributed by atoms with E-state index in [0.29, 0.717) is 5.92 Å². The summed E-state index contributed by atoms with van der Waals surface area (Å²) in [6.45, 7) is 2.36. The van der Waals surface area contributed by atoms with Gasteiger partial charge in [-0.05, 0) is 12.8 Å². The Balaban J connectivity index is 2.11. The van der Waals surface area contributed by atoms with E-state index in [9.17, 15) is 4.79 Å². The van der Waals surface area contributed by atoms with Gasteiger partial charge in [-0.1, -0.05) is 0 Å². The second kappa shape index (κ2) is 2.92. The van der Waals surface area contributed by atoms with Crippen LogP contribution in [0.25, 0.3) is 0 Å². The molecule has 3 rings (SSSR count). The van der Waals surface area contributed by atoms with Gasteiger partial charge in [0.25, 0.3) is 5.56 Å². The highest BCUT2D eigenvalue weighted by atomic mass is 16.1. The lowest BCUT2D eigenvalue weighted by Gasteiger charge is -2.18. The van der Waals surface area contributed by atoms with Gasteiger partial charge in [0.1, 0.15) is 5.82 Å². The van der Waals surface area contributed by atoms with Crippen molar-refractivity contribution in [2.24, 2.45) is 0 Å². The van der Waals surface area contributed by atoms with Crippen molar-refractivity contribution in [3.63, 3.8) is 0 Å². The lowest BCUT2D eigenvalue weighted by Crippen LogP contribution is -2.37. The van der Waals surface area contributed by atoms with E-state index < -0.39 is 0 Å². The molecule has 1 aromatic rings. The van der Waals surface area contributed by atoms with Gasteiger partial charge in [-0.25, -0.2) is 4.98 Å². The minimum Gasteiger partial charge on any atom is -0.308 e. The number of nitrogens with zero attached hydrogens (tertiary/aromatic N) is 2. The van der Waals surface area contributed by atoms with E-state index in [1.165, 1.54) is 12.8 Å². The lowest BCUT2D eigenvalue weighted by atomic mass is 10.2. The normalized spacial score (nSPS) is 20.6. The third-order valence-electron chi connectivity index (χ3n) is 2.90. The number of hydrogen-bond acceptors (Lipinski definition) is 3. The lowest BCUT2D eigenvalue weighted by molar-refractivity contribution is 0.478. The molecule has 0 radical (unpaired) electrons. The zero-order valence-electron chi connectivity index (χ0n) is 7.99. The van der Waals surface area contributed by atoms with E-state index in [0.717, 1.165) is 31.2 Å². The highest BCUT2D eigenvalue weighted by Crippen LogP contribution is 2.38. The molecule has 4 heteroatoms. The van der Waals surface area contributed by atoms with Crippen LogP contribution in [0.3, 0.4) is 0 Å². The fraction of sp³-hybridized carbons (Fsp3) is 0.600. The number of hydrogen-bond donors (Lipinski definition) is 1. The van der Waals surface area contributed by atoms with Gasteiger partial charge in [0.15, 0.2) is 0 Å². The smallest absolute Gasteiger partial charge is 0.253 e. The summed E-state index contributed by atoms with van der Waals surface area (Å²) >= 11 is 0. The van der Waals surface area contributed by atoms with Crippen LogP contribution >= 0.6 is 0 Å². The predicted molar refractivity (Wildman–Crippen MR) is 52.2 cm³/mol. The van der Waals surface area contributed by atoms with E-state index >= 15 is 0 Å². The average molecular weight is 191 g/mol. The fourth-order valence-corrected chi connectivity index (χ4v) is 1.93. The Morgan fingerprint density at radius 1 is 1.50 bits per heavy atom. The molecular weight excluding hydrogens is 178 g/mol. The van der Waals surface area contributed by atoms with Crippen molar-refractivity contribution < 1.29 is 0 Å². The quantitative estimate of drug-likeness (QED) is 0.691. The predicted octanol–water partition coefficient (Wildman–Crippen LogP) is 0.224. The summed E-state index contributed by atoms with van der Waals surface area (Å²) in [6.07, 6.45) is 2.40. The van der Waals surface area contributed by atoms with E-state index in [1.807, 2.05) is 0 Å². The SMILES string of the molecule is O=c1cc(C2CC2)nc2n1CCNC2. The standard InChI is InChI=1S/C10H13N3O/c14-10-5-8(7-1-2-7)12-9-6-11-3-4-13(9)10/h5,7,11H,1-4,6H2. The highest BCUT2D eigenvalue weighted by molar-refractivity contribution is 5.15. The van der Waals surface area contributed by atoms with Gasteiger partial charge >= 0.3 is 0 Å². The summed E-state index contributed by atoms with van der Waals surface area (Å²) in [4.78, 5) is 16.2. The summed E-state index contributed by atoms with van der Waals surface area (Å²) in [5.74, 6) is 1.47. The third-order valence-corrected chi connectivity index (χ3v) is 2.90. The van der Waals surface area contributed by atoms with Crippen molar-refractivity contribution in [1.82, 2.24) is 14.9 Å². The number of nitrogens with one attached hydrogen (secondary N) is 1. The van der Waals surface area contributed by atoms with E-state index in [2.05, 4.69) is 10.3 Å². The van der Waals surface area contributed by atoms with Crippen molar-refractivity contribution in [3.8, 4) is 0 Å². The first kappa shape index (κ1) is 8.17. The maximum absolute atomic E-state index is 11.7. The van der Waals surface area contributed by atoms with Crippen LogP contribution in [0.4, 0.5) is 0 Å². The van der Waals surface area contributed by atoms with Crippen molar-refractivity contribution in [1.29, 1.82) is 0 Å². The largest absolute Gasteiger partial charge is 0.308 e. The van der Waals surface area contributed by atoms with Crippen molar-refractivity contribution in [3.05, 3.63) is 27.9 Å². The minimum atomic E-state index is 0.124. The summed E-state index contributed by atoms with van der Waals surface area (Å²) in [5.41, 5.74) is 1.13. The molecule has 2 aliphatic rings. The average Bonchev–Trinajstić information content (AvgIpc) is 3.01. The number of fused-ring (bicyclic) bond motifs is 1. The molecule has 0 atom stereocenters. The first-order valence-corrected chi connectivity index (χ1v) is 5.16. The van der Waals surface area contributed by atoms with Crippen LogP contribution in [-0.2, 0) is 13.1 Å². The Kier molecular flexibility index (Phi) is 1.70. The molecule has 0 aromatic carbocycles. The van der Waals surface area contributed by atoms with Gasteiger partial charge in [0.05, 0.1) is 12.2 Å². The third kappa shape index (κ3) is 1.26. The van der Waals surface area contributed by atoms with Crippen LogP contribution in [0, 0.1) is 0 Å². The van der Waals surface area contributed by atoms with E-state index in [1.54, 1.807) is 10.6 Å². The van der Waals surface area contributed by atoms with Crippen molar-refractivity contribution in [2.75, 3.05) is 6.54 Å². The first-order valence-electron chi connectivity index (χ1n) is 5.16. The molecule has 0 bridgehead atoms. The number of aromatic nitrogens is 2. The highest BCUT2D eigenvalue weighted by Gasteiger charge is 2.26. The molecule has 2 heterocycles. The molecule has 1 aromatic heterocycles. The molecule has 1 fully saturated rings. The Labute approximate surface area is 82.0 Å². The molecule has 1 aliphatic carbocycles. The Morgan fingerprint density at radius 2 is 2.36 bits per heavy atom.